The molecule has 4 nitrogen and oxygen atoms in total. The van der Waals surface area contributed by atoms with E-state index in [4.69, 9.17) is 0 Å². The van der Waals surface area contributed by atoms with E-state index in [2.05, 4.69) is 22.0 Å². The molecule has 0 spiro atoms. The topological polar surface area (TPSA) is 42.7 Å². The summed E-state index contributed by atoms with van der Waals surface area (Å²) in [5, 5.41) is 8.43. The monoisotopic (exact) mass is 402 g/mol. The van der Waals surface area contributed by atoms with Crippen LogP contribution in [0.25, 0.3) is 22.8 Å². The first-order valence-corrected chi connectivity index (χ1v) is 9.98. The molecule has 0 radical (unpaired) electrons. The second kappa shape index (κ2) is 5.08. The Morgan fingerprint density at radius 1 is 1.07 bits per heavy atom. The van der Waals surface area contributed by atoms with Crippen molar-refractivity contribution in [2.75, 3.05) is 13.1 Å². The van der Waals surface area contributed by atoms with Crippen LogP contribution in [0.1, 0.15) is 17.2 Å². The maximum Gasteiger partial charge on any atom is 0.310 e. The summed E-state index contributed by atoms with van der Waals surface area (Å²) in [5.74, 6) is 0.139. The van der Waals surface area contributed by atoms with E-state index in [0.717, 1.165) is 41.9 Å². The van der Waals surface area contributed by atoms with E-state index in [9.17, 15) is 19.4 Å². The van der Waals surface area contributed by atoms with Crippen molar-refractivity contribution in [3.8, 4) is 5.69 Å². The lowest BCUT2D eigenvalue weighted by Crippen LogP contribution is -2.40. The van der Waals surface area contributed by atoms with Crippen molar-refractivity contribution in [3.05, 3.63) is 54.4 Å². The van der Waals surface area contributed by atoms with Gasteiger partial charge in [0.1, 0.15) is 4.90 Å². The van der Waals surface area contributed by atoms with Gasteiger partial charge in [0.15, 0.2) is 5.65 Å². The van der Waals surface area contributed by atoms with Crippen LogP contribution in [0.2, 0.25) is 0 Å². The van der Waals surface area contributed by atoms with E-state index < -0.39 is 15.1 Å². The van der Waals surface area contributed by atoms with Crippen LogP contribution in [-0.2, 0) is 0 Å². The molecule has 4 rings (SSSR count). The van der Waals surface area contributed by atoms with E-state index in [1.807, 2.05) is 0 Å². The number of nitrogens with one attached hydrogen (secondary N) is 1. The number of nitrogens with zero attached hydrogens (tertiary/aromatic N) is 3. The third kappa shape index (κ3) is 3.08. The molecule has 1 saturated heterocycles. The molecule has 0 aliphatic carbocycles. The van der Waals surface area contributed by atoms with Crippen molar-refractivity contribution in [3.63, 3.8) is 0 Å². The molecule has 1 aliphatic rings. The Morgan fingerprint density at radius 3 is 2.26 bits per heavy atom. The van der Waals surface area contributed by atoms with Crippen LogP contribution in [0.3, 0.4) is 0 Å². The van der Waals surface area contributed by atoms with Gasteiger partial charge in [0.05, 0.1) is 16.8 Å². The van der Waals surface area contributed by atoms with Crippen molar-refractivity contribution in [1.29, 1.82) is 0 Å². The summed E-state index contributed by atoms with van der Waals surface area (Å²) < 4.78 is 66.1. The van der Waals surface area contributed by atoms with Crippen LogP contribution in [0.4, 0.5) is 19.4 Å². The molecule has 0 amide bonds. The summed E-state index contributed by atoms with van der Waals surface area (Å²) in [4.78, 5) is 2.36. The number of rotatable bonds is 4. The highest BCUT2D eigenvalue weighted by Gasteiger charge is 2.65. The van der Waals surface area contributed by atoms with Crippen LogP contribution in [0.15, 0.2) is 48.0 Å². The minimum absolute atomic E-state index is 0.139. The molecule has 0 unspecified atom stereocenters. The molecule has 0 bridgehead atoms. The quantitative estimate of drug-likeness (QED) is 0.594. The number of pyridine rings is 1. The molecule has 0 saturated carbocycles. The number of benzene rings is 1. The molecule has 27 heavy (non-hydrogen) atoms. The van der Waals surface area contributed by atoms with Gasteiger partial charge in [-0.15, -0.1) is 0 Å². The lowest BCUT2D eigenvalue weighted by atomic mass is 9.95. The fraction of sp³-hybridized carbons (Fsp3) is 0.176. The predicted molar refractivity (Wildman–Crippen MR) is 96.0 cm³/mol. The average Bonchev–Trinajstić information content (AvgIpc) is 2.91. The second-order valence-corrected chi connectivity index (χ2v) is 8.83. The van der Waals surface area contributed by atoms with E-state index in [0.29, 0.717) is 17.8 Å². The maximum absolute atomic E-state index is 12.9. The zero-order chi connectivity index (χ0) is 19.5. The van der Waals surface area contributed by atoms with Crippen LogP contribution in [0, 0.1) is 0 Å². The minimum Gasteiger partial charge on any atom is -0.315 e. The highest BCUT2D eigenvalue weighted by Crippen LogP contribution is 3.02. The number of aromatic nitrogens is 3. The number of halogens is 5. The Labute approximate surface area is 151 Å². The molecular weight excluding hydrogens is 387 g/mol. The Kier molecular flexibility index (Phi) is 3.37. The lowest BCUT2D eigenvalue weighted by Gasteiger charge is -2.40. The highest BCUT2D eigenvalue weighted by molar-refractivity contribution is 8.45. The third-order valence-electron chi connectivity index (χ3n) is 4.54. The summed E-state index contributed by atoms with van der Waals surface area (Å²) in [6.45, 7) is 5.22. The zero-order valence-corrected chi connectivity index (χ0v) is 14.7. The van der Waals surface area contributed by atoms with Gasteiger partial charge >= 0.3 is 10.2 Å². The van der Waals surface area contributed by atoms with Crippen molar-refractivity contribution >= 4 is 27.3 Å². The Morgan fingerprint density at radius 2 is 1.74 bits per heavy atom. The Hall–Kier alpha value is -2.46. The first-order valence-electron chi connectivity index (χ1n) is 8.03. The van der Waals surface area contributed by atoms with Crippen LogP contribution in [-0.4, -0.2) is 27.9 Å². The van der Waals surface area contributed by atoms with Gasteiger partial charge in [0.2, 0.25) is 0 Å². The fourth-order valence-electron chi connectivity index (χ4n) is 3.06. The molecule has 144 valence electrons. The van der Waals surface area contributed by atoms with E-state index in [1.165, 1.54) is 4.68 Å². The fourth-order valence-corrected chi connectivity index (χ4v) is 3.71. The van der Waals surface area contributed by atoms with Gasteiger partial charge in [0.25, 0.3) is 0 Å². The Balaban J connectivity index is 1.89. The van der Waals surface area contributed by atoms with E-state index in [-0.39, 0.29) is 11.6 Å². The average molecular weight is 402 g/mol. The summed E-state index contributed by atoms with van der Waals surface area (Å²) in [5.41, 5.74) is 2.22. The van der Waals surface area contributed by atoms with Crippen LogP contribution >= 0.6 is 10.2 Å². The Bertz CT molecular complexity index is 1050. The first-order chi connectivity index (χ1) is 12.5. The van der Waals surface area contributed by atoms with Crippen LogP contribution < -0.4 is 5.32 Å². The summed E-state index contributed by atoms with van der Waals surface area (Å²) >= 11 is 0. The third-order valence-corrected chi connectivity index (χ3v) is 5.71. The van der Waals surface area contributed by atoms with Gasteiger partial charge in [-0.3, -0.25) is 0 Å². The lowest BCUT2D eigenvalue weighted by molar-refractivity contribution is 0.364. The van der Waals surface area contributed by atoms with Gasteiger partial charge in [-0.05, 0) is 35.9 Å². The number of hydrogen-bond acceptors (Lipinski definition) is 3. The molecule has 1 aliphatic heterocycles. The standard InChI is InChI=1S/C17H15F5N4S/c1-2-11-7-8-24-17-15(11)16(12-9-23-10-12)25-26(17)13-3-5-14(6-4-13)27(18,19,20,21)22/h2-8,12,23H,1,9-10H2. The van der Waals surface area contributed by atoms with E-state index >= 15 is 0 Å². The molecule has 0 atom stereocenters. The molecule has 1 N–H and O–H groups in total. The number of hydrogen-bond donors (Lipinski definition) is 1. The van der Waals surface area contributed by atoms with Crippen molar-refractivity contribution in [1.82, 2.24) is 20.1 Å². The van der Waals surface area contributed by atoms with Gasteiger partial charge in [-0.1, -0.05) is 32.1 Å². The SMILES string of the molecule is C=Cc1ccnc2c1c(C1CNC1)nn2-c1ccc(S(F)(F)(F)(F)F)cc1. The molecule has 2 aromatic heterocycles. The normalized spacial score (nSPS) is 18.0. The summed E-state index contributed by atoms with van der Waals surface area (Å²) in [6, 6.07) is 4.49. The first kappa shape index (κ1) is 17.9. The zero-order valence-electron chi connectivity index (χ0n) is 13.9. The minimum atomic E-state index is -9.71. The molecule has 1 aromatic carbocycles. The second-order valence-electron chi connectivity index (χ2n) is 6.42. The van der Waals surface area contributed by atoms with Gasteiger partial charge in [-0.25, -0.2) is 9.67 Å². The van der Waals surface area contributed by atoms with Crippen molar-refractivity contribution < 1.29 is 19.4 Å². The summed E-state index contributed by atoms with van der Waals surface area (Å²) in [7, 11) is -9.71. The van der Waals surface area contributed by atoms with E-state index in [1.54, 1.807) is 18.3 Å². The molecule has 3 aromatic rings. The predicted octanol–water partition coefficient (Wildman–Crippen LogP) is 5.41. The molecular formula is C17H15F5N4S. The smallest absolute Gasteiger partial charge is 0.310 e. The molecule has 3 heterocycles. The van der Waals surface area contributed by atoms with Gasteiger partial charge < -0.3 is 5.32 Å². The number of fused-ring (bicyclic) bond motifs is 1. The van der Waals surface area contributed by atoms with Crippen molar-refractivity contribution in [2.24, 2.45) is 0 Å². The summed E-state index contributed by atoms with van der Waals surface area (Å²) in [6.07, 6.45) is 3.20. The highest BCUT2D eigenvalue weighted by atomic mass is 32.5. The van der Waals surface area contributed by atoms with Crippen molar-refractivity contribution in [2.45, 2.75) is 10.8 Å². The van der Waals surface area contributed by atoms with Gasteiger partial charge in [-0.2, -0.15) is 5.10 Å². The largest absolute Gasteiger partial charge is 0.315 e. The van der Waals surface area contributed by atoms with Crippen LogP contribution in [0.5, 0.6) is 0 Å². The van der Waals surface area contributed by atoms with Gasteiger partial charge in [0, 0.05) is 25.2 Å². The molecule has 10 heteroatoms. The molecule has 1 fully saturated rings. The maximum atomic E-state index is 12.9.